The lowest BCUT2D eigenvalue weighted by molar-refractivity contribution is 0.591. The first-order valence-electron chi connectivity index (χ1n) is 11.8. The number of fused-ring (bicyclic) bond motifs is 4. The van der Waals surface area contributed by atoms with Gasteiger partial charge in [0.2, 0.25) is 0 Å². The predicted molar refractivity (Wildman–Crippen MR) is 142 cm³/mol. The van der Waals surface area contributed by atoms with Crippen molar-refractivity contribution in [1.82, 2.24) is 0 Å². The fourth-order valence-corrected chi connectivity index (χ4v) is 5.80. The molecule has 0 nitrogen and oxygen atoms in total. The Hall–Kier alpha value is -3.64. The highest BCUT2D eigenvalue weighted by Gasteiger charge is 2.33. The summed E-state index contributed by atoms with van der Waals surface area (Å²) in [5.41, 5.74) is 12.6. The summed E-state index contributed by atoms with van der Waals surface area (Å²) in [6.07, 6.45) is 0.989. The first kappa shape index (κ1) is 20.0. The first-order valence-corrected chi connectivity index (χ1v) is 11.8. The number of hydrogen-bond donors (Lipinski definition) is 0. The molecule has 0 amide bonds. The maximum absolute atomic E-state index is 2.36. The van der Waals surface area contributed by atoms with E-state index in [1.807, 2.05) is 0 Å². The molecule has 0 saturated heterocycles. The molecule has 0 fully saturated rings. The molecule has 160 valence electrons. The average molecular weight is 425 g/mol. The normalized spacial score (nSPS) is 12.6. The molecule has 5 aromatic carbocycles. The second kappa shape index (κ2) is 7.46. The Balaban J connectivity index is 1.82. The summed E-state index contributed by atoms with van der Waals surface area (Å²) in [5, 5.41) is 2.74. The SMILES string of the molecule is CC(C)(C)c1c2c(c(-c3ccccc3)c3ccccc13)-c1c(cccc1-c1ccccc1)C2. The van der Waals surface area contributed by atoms with Crippen molar-refractivity contribution in [2.24, 2.45) is 0 Å². The Kier molecular flexibility index (Phi) is 4.52. The van der Waals surface area contributed by atoms with Gasteiger partial charge in [-0.15, -0.1) is 0 Å². The van der Waals surface area contributed by atoms with Crippen LogP contribution >= 0.6 is 0 Å². The number of benzene rings is 5. The maximum atomic E-state index is 2.36. The van der Waals surface area contributed by atoms with Gasteiger partial charge >= 0.3 is 0 Å². The van der Waals surface area contributed by atoms with Crippen molar-refractivity contribution < 1.29 is 0 Å². The van der Waals surface area contributed by atoms with Crippen LogP contribution in [0.15, 0.2) is 103 Å². The van der Waals surface area contributed by atoms with Crippen molar-refractivity contribution in [2.45, 2.75) is 32.6 Å². The lowest BCUT2D eigenvalue weighted by Gasteiger charge is -2.28. The van der Waals surface area contributed by atoms with Gasteiger partial charge in [-0.1, -0.05) is 124 Å². The van der Waals surface area contributed by atoms with Crippen LogP contribution in [0.25, 0.3) is 44.2 Å². The van der Waals surface area contributed by atoms with E-state index in [0.29, 0.717) is 0 Å². The molecule has 0 bridgehead atoms. The smallest absolute Gasteiger partial charge is 0.000983 e. The number of hydrogen-bond acceptors (Lipinski definition) is 0. The van der Waals surface area contributed by atoms with Crippen LogP contribution < -0.4 is 0 Å². The molecule has 33 heavy (non-hydrogen) atoms. The zero-order valence-electron chi connectivity index (χ0n) is 19.5. The molecule has 1 aliphatic rings. The van der Waals surface area contributed by atoms with E-state index in [4.69, 9.17) is 0 Å². The lowest BCUT2D eigenvalue weighted by Crippen LogP contribution is -2.15. The molecule has 0 saturated carbocycles. The molecule has 0 unspecified atom stereocenters. The van der Waals surface area contributed by atoms with Gasteiger partial charge in [0.25, 0.3) is 0 Å². The highest BCUT2D eigenvalue weighted by atomic mass is 14.4. The molecular weight excluding hydrogens is 396 g/mol. The molecule has 6 rings (SSSR count). The van der Waals surface area contributed by atoms with Crippen molar-refractivity contribution in [1.29, 1.82) is 0 Å². The molecule has 0 N–H and O–H groups in total. The van der Waals surface area contributed by atoms with Crippen molar-refractivity contribution in [3.05, 3.63) is 120 Å². The van der Waals surface area contributed by atoms with Crippen LogP contribution in [0.1, 0.15) is 37.5 Å². The van der Waals surface area contributed by atoms with E-state index in [-0.39, 0.29) is 5.41 Å². The van der Waals surface area contributed by atoms with Gasteiger partial charge < -0.3 is 0 Å². The summed E-state index contributed by atoms with van der Waals surface area (Å²) < 4.78 is 0. The molecule has 0 radical (unpaired) electrons. The van der Waals surface area contributed by atoms with Gasteiger partial charge in [-0.3, -0.25) is 0 Å². The Morgan fingerprint density at radius 3 is 1.79 bits per heavy atom. The lowest BCUT2D eigenvalue weighted by atomic mass is 9.76. The fraction of sp³-hybridized carbons (Fsp3) is 0.152. The molecule has 0 heterocycles. The van der Waals surface area contributed by atoms with E-state index in [0.717, 1.165) is 6.42 Å². The minimum Gasteiger partial charge on any atom is -0.0622 e. The fourth-order valence-electron chi connectivity index (χ4n) is 5.80. The minimum absolute atomic E-state index is 0.0495. The van der Waals surface area contributed by atoms with Gasteiger partial charge in [0.15, 0.2) is 0 Å². The van der Waals surface area contributed by atoms with E-state index in [1.54, 1.807) is 0 Å². The summed E-state index contributed by atoms with van der Waals surface area (Å²) in [5.74, 6) is 0. The quantitative estimate of drug-likeness (QED) is 0.260. The summed E-state index contributed by atoms with van der Waals surface area (Å²) in [6.45, 7) is 7.08. The van der Waals surface area contributed by atoms with Crippen LogP contribution in [0.3, 0.4) is 0 Å². The third-order valence-corrected chi connectivity index (χ3v) is 6.98. The van der Waals surface area contributed by atoms with Crippen LogP contribution in [0.4, 0.5) is 0 Å². The van der Waals surface area contributed by atoms with Crippen molar-refractivity contribution in [3.63, 3.8) is 0 Å². The third-order valence-electron chi connectivity index (χ3n) is 6.98. The zero-order chi connectivity index (χ0) is 22.6. The van der Waals surface area contributed by atoms with Crippen LogP contribution in [0.2, 0.25) is 0 Å². The second-order valence-corrected chi connectivity index (χ2v) is 10.1. The highest BCUT2D eigenvalue weighted by molar-refractivity contribution is 6.11. The molecule has 0 aromatic heterocycles. The van der Waals surface area contributed by atoms with E-state index >= 15 is 0 Å². The van der Waals surface area contributed by atoms with E-state index in [2.05, 4.69) is 124 Å². The summed E-state index contributed by atoms with van der Waals surface area (Å²) >= 11 is 0. The first-order chi connectivity index (χ1) is 16.0. The summed E-state index contributed by atoms with van der Waals surface area (Å²) in [4.78, 5) is 0. The van der Waals surface area contributed by atoms with Gasteiger partial charge in [-0.25, -0.2) is 0 Å². The van der Waals surface area contributed by atoms with Gasteiger partial charge in [-0.05, 0) is 72.7 Å². The Morgan fingerprint density at radius 1 is 0.515 bits per heavy atom. The molecule has 0 spiro atoms. The van der Waals surface area contributed by atoms with Gasteiger partial charge in [0.05, 0.1) is 0 Å². The molecule has 0 heteroatoms. The number of rotatable bonds is 2. The summed E-state index contributed by atoms with van der Waals surface area (Å²) in [6, 6.07) is 37.7. The minimum atomic E-state index is 0.0495. The Morgan fingerprint density at radius 2 is 1.12 bits per heavy atom. The maximum Gasteiger partial charge on any atom is -0.000983 e. The van der Waals surface area contributed by atoms with Crippen LogP contribution in [0, 0.1) is 0 Å². The van der Waals surface area contributed by atoms with Gasteiger partial charge in [-0.2, -0.15) is 0 Å². The second-order valence-electron chi connectivity index (χ2n) is 10.1. The molecule has 0 atom stereocenters. The van der Waals surface area contributed by atoms with Crippen LogP contribution in [0.5, 0.6) is 0 Å². The van der Waals surface area contributed by atoms with E-state index in [1.165, 1.54) is 60.8 Å². The molecule has 0 aliphatic heterocycles. The monoisotopic (exact) mass is 424 g/mol. The topological polar surface area (TPSA) is 0 Å². The van der Waals surface area contributed by atoms with Gasteiger partial charge in [0, 0.05) is 0 Å². The Bertz CT molecular complexity index is 1480. The molecule has 5 aromatic rings. The standard InChI is InChI=1S/C33H28/c1-33(2,3)32-27-19-11-10-18-26(27)29(23-15-8-5-9-16-23)31-28(32)21-24-17-12-20-25(30(24)31)22-13-6-4-7-14-22/h4-20H,21H2,1-3H3. The van der Waals surface area contributed by atoms with Gasteiger partial charge in [0.1, 0.15) is 0 Å². The average Bonchev–Trinajstić information content (AvgIpc) is 3.21. The predicted octanol–water partition coefficient (Wildman–Crippen LogP) is 9.04. The van der Waals surface area contributed by atoms with Crippen molar-refractivity contribution >= 4 is 10.8 Å². The van der Waals surface area contributed by atoms with Crippen LogP contribution in [-0.2, 0) is 11.8 Å². The van der Waals surface area contributed by atoms with E-state index < -0.39 is 0 Å². The molecule has 1 aliphatic carbocycles. The van der Waals surface area contributed by atoms with E-state index in [9.17, 15) is 0 Å². The van der Waals surface area contributed by atoms with Crippen molar-refractivity contribution in [3.8, 4) is 33.4 Å². The zero-order valence-corrected chi connectivity index (χ0v) is 19.5. The Labute approximate surface area is 196 Å². The highest BCUT2D eigenvalue weighted by Crippen LogP contribution is 2.53. The third kappa shape index (κ3) is 3.13. The summed E-state index contributed by atoms with van der Waals surface area (Å²) in [7, 11) is 0. The molecular formula is C33H28. The largest absolute Gasteiger partial charge is 0.0622 e. The van der Waals surface area contributed by atoms with Crippen molar-refractivity contribution in [2.75, 3.05) is 0 Å². The van der Waals surface area contributed by atoms with Crippen LogP contribution in [-0.4, -0.2) is 0 Å².